The molecule has 1 fully saturated rings. The molecule has 1 aromatic carbocycles. The summed E-state index contributed by atoms with van der Waals surface area (Å²) in [6.07, 6.45) is 0.990. The molecule has 0 aromatic heterocycles. The number of nitrogens with two attached hydrogens (primary N) is 1. The lowest BCUT2D eigenvalue weighted by atomic mass is 9.83. The molecule has 130 valence electrons. The van der Waals surface area contributed by atoms with Crippen LogP contribution >= 0.6 is 12.4 Å². The smallest absolute Gasteiger partial charge is 0.232 e. The van der Waals surface area contributed by atoms with Crippen LogP contribution in [0.5, 0.6) is 11.5 Å². The van der Waals surface area contributed by atoms with Gasteiger partial charge in [0.2, 0.25) is 5.91 Å². The van der Waals surface area contributed by atoms with E-state index in [1.807, 2.05) is 36.9 Å². The van der Waals surface area contributed by atoms with Crippen LogP contribution in [0.3, 0.4) is 0 Å². The minimum atomic E-state index is -0.608. The third-order valence-corrected chi connectivity index (χ3v) is 4.55. The van der Waals surface area contributed by atoms with Crippen molar-refractivity contribution in [1.82, 2.24) is 4.90 Å². The van der Waals surface area contributed by atoms with Crippen LogP contribution in [0.15, 0.2) is 18.2 Å². The summed E-state index contributed by atoms with van der Waals surface area (Å²) in [7, 11) is 3.20. The number of amides is 1. The summed E-state index contributed by atoms with van der Waals surface area (Å²) in [4.78, 5) is 14.8. The number of carbonyl (C=O) groups excluding carboxylic acids is 1. The molecule has 1 amide bonds. The predicted molar refractivity (Wildman–Crippen MR) is 93.6 cm³/mol. The zero-order valence-electron chi connectivity index (χ0n) is 14.3. The number of rotatable bonds is 5. The van der Waals surface area contributed by atoms with Gasteiger partial charge in [0.05, 0.1) is 19.6 Å². The van der Waals surface area contributed by atoms with Crippen molar-refractivity contribution >= 4 is 18.3 Å². The molecule has 5 nitrogen and oxygen atoms in total. The van der Waals surface area contributed by atoms with Crippen molar-refractivity contribution in [3.05, 3.63) is 23.8 Å². The van der Waals surface area contributed by atoms with E-state index in [-0.39, 0.29) is 18.3 Å². The van der Waals surface area contributed by atoms with Crippen LogP contribution < -0.4 is 15.2 Å². The van der Waals surface area contributed by atoms with E-state index in [0.29, 0.717) is 24.0 Å². The van der Waals surface area contributed by atoms with Crippen LogP contribution in [0.4, 0.5) is 0 Å². The number of hydrogen-bond acceptors (Lipinski definition) is 4. The topological polar surface area (TPSA) is 64.8 Å². The maximum absolute atomic E-state index is 12.9. The van der Waals surface area contributed by atoms with Gasteiger partial charge in [-0.3, -0.25) is 4.79 Å². The average molecular weight is 343 g/mol. The highest BCUT2D eigenvalue weighted by Crippen LogP contribution is 2.35. The number of ether oxygens (including phenoxy) is 2. The zero-order valence-corrected chi connectivity index (χ0v) is 15.1. The Morgan fingerprint density at radius 2 is 1.96 bits per heavy atom. The van der Waals surface area contributed by atoms with Crippen LogP contribution in [0.2, 0.25) is 0 Å². The number of hydrogen-bond donors (Lipinski definition) is 1. The van der Waals surface area contributed by atoms with Crippen molar-refractivity contribution in [2.45, 2.75) is 25.7 Å². The van der Waals surface area contributed by atoms with Crippen molar-refractivity contribution in [3.63, 3.8) is 0 Å². The maximum Gasteiger partial charge on any atom is 0.232 e. The largest absolute Gasteiger partial charge is 0.493 e. The molecule has 1 aromatic rings. The van der Waals surface area contributed by atoms with Crippen LogP contribution in [0, 0.1) is 5.92 Å². The molecule has 1 aliphatic rings. The number of likely N-dealkylation sites (tertiary alicyclic amines) is 1. The first-order valence-electron chi connectivity index (χ1n) is 7.66. The van der Waals surface area contributed by atoms with Crippen LogP contribution in [0.25, 0.3) is 0 Å². The Kier molecular flexibility index (Phi) is 6.71. The molecular formula is C17H27ClN2O3. The highest BCUT2D eigenvalue weighted by atomic mass is 35.5. The van der Waals surface area contributed by atoms with E-state index in [0.717, 1.165) is 25.1 Å². The Morgan fingerprint density at radius 3 is 2.48 bits per heavy atom. The van der Waals surface area contributed by atoms with Gasteiger partial charge in [-0.25, -0.2) is 0 Å². The first-order valence-corrected chi connectivity index (χ1v) is 7.66. The Morgan fingerprint density at radius 1 is 1.30 bits per heavy atom. The molecule has 1 aliphatic heterocycles. The molecule has 2 N–H and O–H groups in total. The molecule has 1 saturated heterocycles. The first-order chi connectivity index (χ1) is 10.4. The van der Waals surface area contributed by atoms with Gasteiger partial charge in [0.1, 0.15) is 0 Å². The summed E-state index contributed by atoms with van der Waals surface area (Å²) >= 11 is 0. The molecule has 0 spiro atoms. The standard InChI is InChI=1S/C17H26N2O3.ClH/c1-17(2,16(20)19-8-7-12(10-18)11-19)13-5-6-14(21-3)15(9-13)22-4;/h5-6,9,12H,7-8,10-11,18H2,1-4H3;1H. The molecular weight excluding hydrogens is 316 g/mol. The summed E-state index contributed by atoms with van der Waals surface area (Å²) in [5, 5.41) is 0. The van der Waals surface area contributed by atoms with Crippen molar-refractivity contribution in [2.24, 2.45) is 11.7 Å². The van der Waals surface area contributed by atoms with Crippen molar-refractivity contribution in [3.8, 4) is 11.5 Å². The lowest BCUT2D eigenvalue weighted by molar-refractivity contribution is -0.135. The maximum atomic E-state index is 12.9. The third-order valence-electron chi connectivity index (χ3n) is 4.55. The number of carbonyl (C=O) groups is 1. The van der Waals surface area contributed by atoms with E-state index < -0.39 is 5.41 Å². The van der Waals surface area contributed by atoms with Gasteiger partial charge in [-0.05, 0) is 50.4 Å². The van der Waals surface area contributed by atoms with E-state index in [9.17, 15) is 4.79 Å². The lowest BCUT2D eigenvalue weighted by Crippen LogP contribution is -2.42. The van der Waals surface area contributed by atoms with E-state index in [1.54, 1.807) is 14.2 Å². The summed E-state index contributed by atoms with van der Waals surface area (Å²) in [5.74, 6) is 1.86. The number of benzene rings is 1. The van der Waals surface area contributed by atoms with Gasteiger partial charge >= 0.3 is 0 Å². The minimum absolute atomic E-state index is 0. The number of nitrogens with zero attached hydrogens (tertiary/aromatic N) is 1. The fourth-order valence-corrected chi connectivity index (χ4v) is 2.95. The van der Waals surface area contributed by atoms with Crippen molar-refractivity contribution < 1.29 is 14.3 Å². The quantitative estimate of drug-likeness (QED) is 0.891. The normalized spacial score (nSPS) is 17.6. The van der Waals surface area contributed by atoms with Gasteiger partial charge in [-0.1, -0.05) is 6.07 Å². The van der Waals surface area contributed by atoms with Gasteiger partial charge in [0, 0.05) is 13.1 Å². The molecule has 1 unspecified atom stereocenters. The fraction of sp³-hybridized carbons (Fsp3) is 0.588. The molecule has 1 heterocycles. The number of halogens is 1. The van der Waals surface area contributed by atoms with Crippen LogP contribution in [-0.2, 0) is 10.2 Å². The van der Waals surface area contributed by atoms with Crippen LogP contribution in [0.1, 0.15) is 25.8 Å². The zero-order chi connectivity index (χ0) is 16.3. The summed E-state index contributed by atoms with van der Waals surface area (Å²) < 4.78 is 10.6. The van der Waals surface area contributed by atoms with E-state index in [2.05, 4.69) is 0 Å². The Balaban J connectivity index is 0.00000264. The van der Waals surface area contributed by atoms with E-state index >= 15 is 0 Å². The molecule has 0 bridgehead atoms. The van der Waals surface area contributed by atoms with Crippen LogP contribution in [-0.4, -0.2) is 44.7 Å². The molecule has 23 heavy (non-hydrogen) atoms. The monoisotopic (exact) mass is 342 g/mol. The highest BCUT2D eigenvalue weighted by molar-refractivity contribution is 5.88. The predicted octanol–water partition coefficient (Wildman–Crippen LogP) is 2.21. The minimum Gasteiger partial charge on any atom is -0.493 e. The van der Waals surface area contributed by atoms with Gasteiger partial charge in [0.25, 0.3) is 0 Å². The summed E-state index contributed by atoms with van der Waals surface area (Å²) in [6.45, 7) is 6.09. The Labute approximate surface area is 144 Å². The van der Waals surface area contributed by atoms with Gasteiger partial charge in [-0.15, -0.1) is 12.4 Å². The van der Waals surface area contributed by atoms with Crippen molar-refractivity contribution in [1.29, 1.82) is 0 Å². The Hall–Kier alpha value is -1.46. The van der Waals surface area contributed by atoms with Gasteiger partial charge < -0.3 is 20.1 Å². The van der Waals surface area contributed by atoms with E-state index in [4.69, 9.17) is 15.2 Å². The molecule has 0 aliphatic carbocycles. The second-order valence-electron chi connectivity index (χ2n) is 6.34. The molecule has 6 heteroatoms. The Bertz CT molecular complexity index is 549. The molecule has 0 saturated carbocycles. The average Bonchev–Trinajstić information content (AvgIpc) is 3.02. The molecule has 2 rings (SSSR count). The summed E-state index contributed by atoms with van der Waals surface area (Å²) in [6, 6.07) is 5.65. The van der Waals surface area contributed by atoms with Gasteiger partial charge in [0.15, 0.2) is 11.5 Å². The SMILES string of the molecule is COc1ccc(C(C)(C)C(=O)N2CCC(CN)C2)cc1OC.Cl. The lowest BCUT2D eigenvalue weighted by Gasteiger charge is -2.30. The first kappa shape index (κ1) is 19.6. The highest BCUT2D eigenvalue weighted by Gasteiger charge is 2.37. The second kappa shape index (κ2) is 7.88. The summed E-state index contributed by atoms with van der Waals surface area (Å²) in [5.41, 5.74) is 6.03. The van der Waals surface area contributed by atoms with Gasteiger partial charge in [-0.2, -0.15) is 0 Å². The fourth-order valence-electron chi connectivity index (χ4n) is 2.95. The van der Waals surface area contributed by atoms with E-state index in [1.165, 1.54) is 0 Å². The molecule has 0 radical (unpaired) electrons. The molecule has 1 atom stereocenters. The second-order valence-corrected chi connectivity index (χ2v) is 6.34. The third kappa shape index (κ3) is 3.90. The number of methoxy groups -OCH3 is 2. The van der Waals surface area contributed by atoms with Crippen molar-refractivity contribution in [2.75, 3.05) is 33.9 Å².